The molecule has 33 heavy (non-hydrogen) atoms. The molecule has 1 aromatic rings. The summed E-state index contributed by atoms with van der Waals surface area (Å²) >= 11 is 4.26. The molecule has 2 aliphatic heterocycles. The van der Waals surface area contributed by atoms with Crippen LogP contribution in [0.5, 0.6) is 0 Å². The Morgan fingerprint density at radius 1 is 1.27 bits per heavy atom. The van der Waals surface area contributed by atoms with Crippen molar-refractivity contribution in [3.05, 3.63) is 12.0 Å². The van der Waals surface area contributed by atoms with E-state index in [9.17, 15) is 33.7 Å². The molecule has 7 unspecified atom stereocenters. The highest BCUT2D eigenvalue weighted by Crippen LogP contribution is 2.66. The number of phosphoric ester groups is 1. The standard InChI is InChI=1S/C11H20N5O13P3S/c1-11(18)7-8(14-10(12)15-11)16(3-13-7)9-6(33)5(17)4(27-9)2-26-31(22,23)29-32(24,25)28-30(19,20)21/h3-6,9,17-18,33H,2H2,1H3,(H,22,23)(H,24,25)(H3,12,14,15)(H2,19,20,21). The number of hydrogen-bond donors (Lipinski definition) is 9. The Labute approximate surface area is 190 Å². The lowest BCUT2D eigenvalue weighted by molar-refractivity contribution is -0.0427. The summed E-state index contributed by atoms with van der Waals surface area (Å²) in [7, 11) is -16.7. The Kier molecular flexibility index (Phi) is 7.26. The Balaban J connectivity index is 1.70. The fourth-order valence-corrected chi connectivity index (χ4v) is 6.46. The molecule has 2 aliphatic rings. The zero-order chi connectivity index (χ0) is 25.0. The second-order valence-corrected chi connectivity index (χ2v) is 11.9. The van der Waals surface area contributed by atoms with Crippen LogP contribution in [0.2, 0.25) is 0 Å². The molecule has 3 heterocycles. The molecule has 22 heteroatoms. The second kappa shape index (κ2) is 8.96. The summed E-state index contributed by atoms with van der Waals surface area (Å²) in [6, 6.07) is 0. The van der Waals surface area contributed by atoms with E-state index in [1.165, 1.54) is 17.8 Å². The van der Waals surface area contributed by atoms with Crippen LogP contribution in [0.3, 0.4) is 0 Å². The van der Waals surface area contributed by atoms with Gasteiger partial charge in [0.2, 0.25) is 5.72 Å². The van der Waals surface area contributed by atoms with Gasteiger partial charge in [0, 0.05) is 0 Å². The van der Waals surface area contributed by atoms with Crippen molar-refractivity contribution in [3.63, 3.8) is 0 Å². The number of nitrogens with one attached hydrogen (secondary N) is 1. The predicted octanol–water partition coefficient (Wildman–Crippen LogP) is -1.31. The monoisotopic (exact) mass is 555 g/mol. The van der Waals surface area contributed by atoms with Crippen LogP contribution in [0.4, 0.5) is 5.82 Å². The van der Waals surface area contributed by atoms with Gasteiger partial charge in [-0.25, -0.2) is 23.7 Å². The highest BCUT2D eigenvalue weighted by atomic mass is 32.1. The minimum absolute atomic E-state index is 0.0898. The lowest BCUT2D eigenvalue weighted by atomic mass is 10.1. The van der Waals surface area contributed by atoms with Gasteiger partial charge in [0.15, 0.2) is 12.2 Å². The molecular formula is C11H20N5O13P3S. The average Bonchev–Trinajstić information content (AvgIpc) is 3.12. The van der Waals surface area contributed by atoms with E-state index < -0.39 is 59.5 Å². The maximum Gasteiger partial charge on any atom is 0.490 e. The number of phosphoric acid groups is 3. The van der Waals surface area contributed by atoms with Gasteiger partial charge >= 0.3 is 23.5 Å². The number of rotatable bonds is 8. The van der Waals surface area contributed by atoms with Crippen molar-refractivity contribution >= 4 is 47.9 Å². The van der Waals surface area contributed by atoms with Crippen LogP contribution in [0, 0.1) is 0 Å². The van der Waals surface area contributed by atoms with Crippen molar-refractivity contribution < 1.29 is 61.4 Å². The maximum absolute atomic E-state index is 11.9. The van der Waals surface area contributed by atoms with E-state index in [2.05, 4.69) is 41.1 Å². The summed E-state index contributed by atoms with van der Waals surface area (Å²) in [4.78, 5) is 43.7. The van der Waals surface area contributed by atoms with Crippen molar-refractivity contribution in [2.24, 2.45) is 10.7 Å². The van der Waals surface area contributed by atoms with Gasteiger partial charge < -0.3 is 45.6 Å². The summed E-state index contributed by atoms with van der Waals surface area (Å²) in [6.07, 6.45) is -2.58. The number of nitrogens with zero attached hydrogens (tertiary/aromatic N) is 3. The third-order valence-corrected chi connectivity index (χ3v) is 8.62. The van der Waals surface area contributed by atoms with Gasteiger partial charge in [0.05, 0.1) is 24.3 Å². The van der Waals surface area contributed by atoms with Crippen molar-refractivity contribution in [2.75, 3.05) is 11.9 Å². The number of imidazole rings is 1. The third-order valence-electron chi connectivity index (χ3n) is 4.26. The fraction of sp³-hybridized carbons (Fsp3) is 0.636. The van der Waals surface area contributed by atoms with Crippen LogP contribution in [-0.4, -0.2) is 69.4 Å². The highest BCUT2D eigenvalue weighted by molar-refractivity contribution is 7.81. The summed E-state index contributed by atoms with van der Waals surface area (Å²) in [6.45, 7) is 0.453. The molecule has 3 rings (SSSR count). The second-order valence-electron chi connectivity index (χ2n) is 6.92. The number of nitrogens with two attached hydrogens (primary N) is 1. The lowest BCUT2D eigenvalue weighted by Crippen LogP contribution is -2.37. The first-order valence-electron chi connectivity index (χ1n) is 8.63. The number of aromatic nitrogens is 2. The molecule has 0 aromatic carbocycles. The van der Waals surface area contributed by atoms with Gasteiger partial charge in [0.25, 0.3) is 0 Å². The molecule has 7 atom stereocenters. The molecular weight excluding hydrogens is 535 g/mol. The molecule has 1 saturated heterocycles. The molecule has 0 radical (unpaired) electrons. The van der Waals surface area contributed by atoms with Crippen LogP contribution in [-0.2, 0) is 37.3 Å². The number of aliphatic imine (C=N–C) groups is 1. The number of hydrogen-bond acceptors (Lipinski definition) is 14. The van der Waals surface area contributed by atoms with Crippen molar-refractivity contribution in [3.8, 4) is 0 Å². The molecule has 9 N–H and O–H groups in total. The molecule has 0 spiro atoms. The van der Waals surface area contributed by atoms with Gasteiger partial charge in [-0.3, -0.25) is 9.09 Å². The van der Waals surface area contributed by atoms with E-state index in [0.717, 1.165) is 0 Å². The summed E-state index contributed by atoms with van der Waals surface area (Å²) in [5, 5.41) is 22.5. The number of ether oxygens (including phenoxy) is 1. The molecule has 1 fully saturated rings. The number of guanidine groups is 1. The van der Waals surface area contributed by atoms with Crippen LogP contribution >= 0.6 is 36.1 Å². The van der Waals surface area contributed by atoms with Crippen LogP contribution in [0.1, 0.15) is 18.8 Å². The molecule has 0 amide bonds. The molecule has 1 aromatic heterocycles. The van der Waals surface area contributed by atoms with E-state index >= 15 is 0 Å². The Morgan fingerprint density at radius 2 is 1.91 bits per heavy atom. The van der Waals surface area contributed by atoms with E-state index in [4.69, 9.17) is 20.3 Å². The first-order chi connectivity index (χ1) is 14.9. The topological polar surface area (TPSA) is 278 Å². The molecule has 188 valence electrons. The number of aliphatic hydroxyl groups excluding tert-OH is 1. The van der Waals surface area contributed by atoms with Gasteiger partial charge in [0.1, 0.15) is 17.6 Å². The largest absolute Gasteiger partial charge is 0.490 e. The van der Waals surface area contributed by atoms with Crippen LogP contribution in [0.15, 0.2) is 11.3 Å². The minimum Gasteiger partial charge on any atom is -0.389 e. The predicted molar refractivity (Wildman–Crippen MR) is 110 cm³/mol. The lowest BCUT2D eigenvalue weighted by Gasteiger charge is -2.27. The Bertz CT molecular complexity index is 1090. The zero-order valence-corrected chi connectivity index (χ0v) is 19.9. The quantitative estimate of drug-likeness (QED) is 0.133. The smallest absolute Gasteiger partial charge is 0.389 e. The molecule has 0 saturated carbocycles. The highest BCUT2D eigenvalue weighted by Gasteiger charge is 2.47. The van der Waals surface area contributed by atoms with Crippen molar-refractivity contribution in [1.29, 1.82) is 0 Å². The summed E-state index contributed by atoms with van der Waals surface area (Å²) in [5.74, 6) is 0.0463. The maximum atomic E-state index is 11.9. The van der Waals surface area contributed by atoms with Crippen LogP contribution in [0.25, 0.3) is 0 Å². The third kappa shape index (κ3) is 6.22. The van der Waals surface area contributed by atoms with E-state index in [0.29, 0.717) is 0 Å². The minimum atomic E-state index is -5.69. The van der Waals surface area contributed by atoms with Gasteiger partial charge in [-0.05, 0) is 6.92 Å². The SMILES string of the molecule is CC1(O)N=C(N)Nc2c1ncn2C1OC(COP(=O)(O)OP(=O)(O)OP(=O)(O)O)C(O)C1S. The van der Waals surface area contributed by atoms with Gasteiger partial charge in [-0.2, -0.15) is 21.3 Å². The van der Waals surface area contributed by atoms with E-state index in [-0.39, 0.29) is 17.5 Å². The van der Waals surface area contributed by atoms with Crippen molar-refractivity contribution in [1.82, 2.24) is 9.55 Å². The van der Waals surface area contributed by atoms with E-state index in [1.807, 2.05) is 0 Å². The first-order valence-corrected chi connectivity index (χ1v) is 13.7. The number of aliphatic hydroxyl groups is 2. The number of anilines is 1. The molecule has 0 bridgehead atoms. The number of thiol groups is 1. The normalized spacial score (nSPS) is 33.5. The van der Waals surface area contributed by atoms with Crippen molar-refractivity contribution in [2.45, 2.75) is 36.3 Å². The van der Waals surface area contributed by atoms with Gasteiger partial charge in [-0.1, -0.05) is 0 Å². The van der Waals surface area contributed by atoms with Gasteiger partial charge in [-0.15, -0.1) is 0 Å². The summed E-state index contributed by atoms with van der Waals surface area (Å²) in [5.41, 5.74) is 3.99. The van der Waals surface area contributed by atoms with E-state index in [1.54, 1.807) is 0 Å². The molecule has 0 aliphatic carbocycles. The Morgan fingerprint density at radius 3 is 2.52 bits per heavy atom. The first kappa shape index (κ1) is 26.7. The number of fused-ring (bicyclic) bond motifs is 1. The summed E-state index contributed by atoms with van der Waals surface area (Å²) < 4.78 is 52.6. The zero-order valence-electron chi connectivity index (χ0n) is 16.3. The molecule has 18 nitrogen and oxygen atoms in total. The van der Waals surface area contributed by atoms with Crippen LogP contribution < -0.4 is 11.1 Å². The Hall–Kier alpha value is -0.880. The average molecular weight is 555 g/mol. The fourth-order valence-electron chi connectivity index (χ4n) is 3.03.